The maximum atomic E-state index is 12.1. The van der Waals surface area contributed by atoms with Gasteiger partial charge in [0.1, 0.15) is 5.75 Å². The van der Waals surface area contributed by atoms with Crippen LogP contribution < -0.4 is 4.74 Å². The largest absolute Gasteiger partial charge is 0.493 e. The number of aliphatic carboxylic acids is 1. The molecular formula is C29H38ClNO5. The highest BCUT2D eigenvalue weighted by molar-refractivity contribution is 6.30. The van der Waals surface area contributed by atoms with Crippen molar-refractivity contribution in [2.45, 2.75) is 57.3 Å². The summed E-state index contributed by atoms with van der Waals surface area (Å²) in [7, 11) is 3.45. The van der Waals surface area contributed by atoms with Gasteiger partial charge >= 0.3 is 11.9 Å². The fourth-order valence-corrected chi connectivity index (χ4v) is 5.11. The second-order valence-electron chi connectivity index (χ2n) is 9.86. The van der Waals surface area contributed by atoms with Crippen molar-refractivity contribution in [2.24, 2.45) is 5.92 Å². The molecule has 7 heteroatoms. The first-order valence-corrected chi connectivity index (χ1v) is 13.2. The molecule has 0 heterocycles. The van der Waals surface area contributed by atoms with Crippen molar-refractivity contribution in [3.63, 3.8) is 0 Å². The second kappa shape index (κ2) is 13.7. The Morgan fingerprint density at radius 1 is 1.17 bits per heavy atom. The van der Waals surface area contributed by atoms with Crippen LogP contribution in [0.1, 0.15) is 67.6 Å². The van der Waals surface area contributed by atoms with E-state index in [0.29, 0.717) is 17.9 Å². The minimum atomic E-state index is -1.05. The first-order valence-electron chi connectivity index (χ1n) is 12.8. The van der Waals surface area contributed by atoms with E-state index in [1.807, 2.05) is 6.07 Å². The summed E-state index contributed by atoms with van der Waals surface area (Å²) in [5.41, 5.74) is 3.13. The number of ether oxygens (including phenoxy) is 2. The quantitative estimate of drug-likeness (QED) is 0.315. The van der Waals surface area contributed by atoms with E-state index in [0.717, 1.165) is 36.9 Å². The van der Waals surface area contributed by atoms with Gasteiger partial charge in [-0.1, -0.05) is 49.6 Å². The fraction of sp³-hybridized carbons (Fsp3) is 0.517. The minimum Gasteiger partial charge on any atom is -0.493 e. The number of carboxylic acids is 1. The van der Waals surface area contributed by atoms with E-state index in [1.165, 1.54) is 37.5 Å². The summed E-state index contributed by atoms with van der Waals surface area (Å²) >= 11 is 6.32. The van der Waals surface area contributed by atoms with E-state index in [1.54, 1.807) is 24.3 Å². The summed E-state index contributed by atoms with van der Waals surface area (Å²) in [6.45, 7) is 4.66. The van der Waals surface area contributed by atoms with Gasteiger partial charge < -0.3 is 19.5 Å². The number of benzene rings is 2. The van der Waals surface area contributed by atoms with Crippen molar-refractivity contribution in [1.82, 2.24) is 4.90 Å². The van der Waals surface area contributed by atoms with Crippen molar-refractivity contribution in [2.75, 3.05) is 33.9 Å². The van der Waals surface area contributed by atoms with Crippen LogP contribution in [0.2, 0.25) is 5.02 Å². The topological polar surface area (TPSA) is 76.1 Å². The van der Waals surface area contributed by atoms with Crippen LogP contribution in [0.15, 0.2) is 42.5 Å². The Balaban J connectivity index is 1.75. The molecule has 1 fully saturated rings. The first kappa shape index (κ1) is 28.0. The van der Waals surface area contributed by atoms with Crippen LogP contribution >= 0.6 is 11.6 Å². The van der Waals surface area contributed by atoms with Crippen molar-refractivity contribution < 1.29 is 24.2 Å². The Bertz CT molecular complexity index is 1010. The Morgan fingerprint density at radius 3 is 2.47 bits per heavy atom. The summed E-state index contributed by atoms with van der Waals surface area (Å²) in [6.07, 6.45) is 5.65. The van der Waals surface area contributed by atoms with E-state index in [-0.39, 0.29) is 12.3 Å². The summed E-state index contributed by atoms with van der Waals surface area (Å²) < 4.78 is 11.0. The van der Waals surface area contributed by atoms with Crippen molar-refractivity contribution in [3.8, 4) is 5.75 Å². The molecule has 1 aliphatic rings. The van der Waals surface area contributed by atoms with E-state index in [4.69, 9.17) is 21.1 Å². The van der Waals surface area contributed by atoms with Gasteiger partial charge in [0.05, 0.1) is 26.1 Å². The van der Waals surface area contributed by atoms with Gasteiger partial charge in [0.2, 0.25) is 0 Å². The summed E-state index contributed by atoms with van der Waals surface area (Å²) in [6, 6.07) is 13.2. The van der Waals surface area contributed by atoms with E-state index >= 15 is 0 Å². The maximum absolute atomic E-state index is 12.1. The summed E-state index contributed by atoms with van der Waals surface area (Å²) in [5, 5.41) is 9.93. The summed E-state index contributed by atoms with van der Waals surface area (Å²) in [4.78, 5) is 25.7. The number of hydrogen-bond acceptors (Lipinski definition) is 5. The van der Waals surface area contributed by atoms with Gasteiger partial charge in [-0.3, -0.25) is 9.59 Å². The third-order valence-electron chi connectivity index (χ3n) is 6.99. The van der Waals surface area contributed by atoms with Crippen LogP contribution in [-0.4, -0.2) is 55.8 Å². The third kappa shape index (κ3) is 7.97. The number of esters is 1. The van der Waals surface area contributed by atoms with Gasteiger partial charge in [0.15, 0.2) is 0 Å². The number of aryl methyl sites for hydroxylation is 1. The van der Waals surface area contributed by atoms with Crippen molar-refractivity contribution >= 4 is 23.5 Å². The van der Waals surface area contributed by atoms with Gasteiger partial charge in [-0.25, -0.2) is 0 Å². The molecule has 196 valence electrons. The predicted octanol–water partition coefficient (Wildman–Crippen LogP) is 5.92. The molecule has 6 nitrogen and oxygen atoms in total. The first-order chi connectivity index (χ1) is 17.3. The van der Waals surface area contributed by atoms with Crippen LogP contribution in [0.25, 0.3) is 0 Å². The lowest BCUT2D eigenvalue weighted by Gasteiger charge is -2.32. The number of hydrogen-bond donors (Lipinski definition) is 1. The van der Waals surface area contributed by atoms with Crippen LogP contribution in [0, 0.1) is 5.92 Å². The highest BCUT2D eigenvalue weighted by Gasteiger charge is 2.25. The number of carbonyl (C=O) groups excluding carboxylic acids is 1. The van der Waals surface area contributed by atoms with Gasteiger partial charge in [0.25, 0.3) is 0 Å². The molecule has 2 atom stereocenters. The Labute approximate surface area is 219 Å². The molecule has 0 aromatic heterocycles. The Hall–Kier alpha value is -2.57. The predicted molar refractivity (Wildman–Crippen MR) is 142 cm³/mol. The van der Waals surface area contributed by atoms with E-state index < -0.39 is 17.9 Å². The SMILES string of the molecule is CCCc1cc(Cl)ccc1[C@H](COc1ccc([C@@H](CC(=O)O)C(=O)OC)cc1)CN(C)CC1CCC1. The molecule has 0 bridgehead atoms. The van der Waals surface area contributed by atoms with E-state index in [2.05, 4.69) is 31.0 Å². The molecule has 1 aliphatic carbocycles. The molecule has 0 spiro atoms. The number of carbonyl (C=O) groups is 2. The normalized spacial score (nSPS) is 15.2. The molecule has 0 saturated heterocycles. The summed E-state index contributed by atoms with van der Waals surface area (Å²) in [5.74, 6) is -0.825. The zero-order valence-electron chi connectivity index (χ0n) is 21.5. The zero-order valence-corrected chi connectivity index (χ0v) is 22.3. The van der Waals surface area contributed by atoms with Gasteiger partial charge in [-0.05, 0) is 73.2 Å². The van der Waals surface area contributed by atoms with Crippen LogP contribution in [0.5, 0.6) is 5.75 Å². The number of rotatable bonds is 14. The molecule has 0 amide bonds. The van der Waals surface area contributed by atoms with Gasteiger partial charge in [-0.2, -0.15) is 0 Å². The third-order valence-corrected chi connectivity index (χ3v) is 7.22. The molecular weight excluding hydrogens is 478 g/mol. The minimum absolute atomic E-state index is 0.170. The molecule has 3 rings (SSSR count). The zero-order chi connectivity index (χ0) is 26.1. The molecule has 36 heavy (non-hydrogen) atoms. The number of nitrogens with zero attached hydrogens (tertiary/aromatic N) is 1. The second-order valence-corrected chi connectivity index (χ2v) is 10.3. The number of halogens is 1. The smallest absolute Gasteiger partial charge is 0.313 e. The maximum Gasteiger partial charge on any atom is 0.313 e. The lowest BCUT2D eigenvalue weighted by Crippen LogP contribution is -2.34. The van der Waals surface area contributed by atoms with Crippen LogP contribution in [-0.2, 0) is 20.7 Å². The van der Waals surface area contributed by atoms with Crippen molar-refractivity contribution in [1.29, 1.82) is 0 Å². The average molecular weight is 516 g/mol. The van der Waals surface area contributed by atoms with Crippen LogP contribution in [0.3, 0.4) is 0 Å². The molecule has 0 aliphatic heterocycles. The standard InChI is InChI=1S/C29H38ClNO5/c1-4-6-22-15-24(30)11-14-26(22)23(18-31(2)17-20-7-5-8-20)19-36-25-12-9-21(10-13-25)27(16-28(32)33)29(34)35-3/h9-15,20,23,27H,4-8,16-19H2,1-3H3,(H,32,33)/t23-,27+/m0/s1. The number of methoxy groups -OCH3 is 1. The molecule has 2 aromatic rings. The lowest BCUT2D eigenvalue weighted by molar-refractivity contribution is -0.147. The Kier molecular flexibility index (Phi) is 10.6. The van der Waals surface area contributed by atoms with Gasteiger partial charge in [-0.15, -0.1) is 0 Å². The fourth-order valence-electron chi connectivity index (χ4n) is 4.91. The highest BCUT2D eigenvalue weighted by atomic mass is 35.5. The van der Waals surface area contributed by atoms with Crippen LogP contribution in [0.4, 0.5) is 0 Å². The molecule has 0 unspecified atom stereocenters. The highest BCUT2D eigenvalue weighted by Crippen LogP contribution is 2.30. The van der Waals surface area contributed by atoms with Crippen molar-refractivity contribution in [3.05, 3.63) is 64.2 Å². The molecule has 1 saturated carbocycles. The Morgan fingerprint density at radius 2 is 1.89 bits per heavy atom. The average Bonchev–Trinajstić information content (AvgIpc) is 2.83. The molecule has 0 radical (unpaired) electrons. The van der Waals surface area contributed by atoms with Gasteiger partial charge in [0, 0.05) is 24.0 Å². The monoisotopic (exact) mass is 515 g/mol. The molecule has 1 N–H and O–H groups in total. The molecule has 2 aromatic carbocycles. The van der Waals surface area contributed by atoms with E-state index in [9.17, 15) is 14.7 Å². The number of carboxylic acid groups (broad SMARTS) is 1. The lowest BCUT2D eigenvalue weighted by atomic mass is 9.85. The number of likely N-dealkylation sites (N-methyl/N-ethyl adjacent to an activating group) is 1.